The summed E-state index contributed by atoms with van der Waals surface area (Å²) in [5.41, 5.74) is 2.83. The number of nitrogens with zero attached hydrogens (tertiary/aromatic N) is 2. The van der Waals surface area contributed by atoms with E-state index < -0.39 is 11.8 Å². The molecule has 3 rings (SSSR count). The van der Waals surface area contributed by atoms with E-state index in [1.807, 2.05) is 18.2 Å². The van der Waals surface area contributed by atoms with Gasteiger partial charge < -0.3 is 0 Å². The summed E-state index contributed by atoms with van der Waals surface area (Å²) < 4.78 is 0. The first kappa shape index (κ1) is 10.8. The Hall–Kier alpha value is -2.36. The standard InChI is InChI=1S/C14H10N2O2/c17-13-11-7-6-10(9-4-2-1-3-5-9)8-12(11)14(18)16-15-13/h1-2,4,6-8H,3,5H2. The first-order valence-electron chi connectivity index (χ1n) is 5.76. The quantitative estimate of drug-likeness (QED) is 0.754. The maximum atomic E-state index is 11.6. The predicted octanol–water partition coefficient (Wildman–Crippen LogP) is 3.17. The van der Waals surface area contributed by atoms with Crippen molar-refractivity contribution >= 4 is 17.4 Å². The van der Waals surface area contributed by atoms with Crippen molar-refractivity contribution in [2.45, 2.75) is 12.8 Å². The number of carbonyl (C=O) groups is 2. The second-order valence-corrected chi connectivity index (χ2v) is 4.23. The van der Waals surface area contributed by atoms with Crippen molar-refractivity contribution in [3.8, 4) is 0 Å². The molecule has 2 amide bonds. The summed E-state index contributed by atoms with van der Waals surface area (Å²) in [6, 6.07) is 5.25. The Balaban J connectivity index is 2.09. The van der Waals surface area contributed by atoms with Gasteiger partial charge >= 0.3 is 0 Å². The Bertz CT molecular complexity index is 639. The molecule has 4 heteroatoms. The Kier molecular flexibility index (Phi) is 2.48. The van der Waals surface area contributed by atoms with E-state index >= 15 is 0 Å². The molecule has 0 N–H and O–H groups in total. The maximum Gasteiger partial charge on any atom is 0.296 e. The summed E-state index contributed by atoms with van der Waals surface area (Å²) in [7, 11) is 0. The second-order valence-electron chi connectivity index (χ2n) is 4.23. The van der Waals surface area contributed by atoms with E-state index in [9.17, 15) is 9.59 Å². The van der Waals surface area contributed by atoms with Crippen molar-refractivity contribution in [1.82, 2.24) is 0 Å². The van der Waals surface area contributed by atoms with Crippen molar-refractivity contribution < 1.29 is 9.59 Å². The van der Waals surface area contributed by atoms with Crippen molar-refractivity contribution in [2.75, 3.05) is 0 Å². The minimum atomic E-state index is -0.450. The van der Waals surface area contributed by atoms with Crippen molar-refractivity contribution in [3.63, 3.8) is 0 Å². The maximum absolute atomic E-state index is 11.6. The highest BCUT2D eigenvalue weighted by Gasteiger charge is 2.22. The SMILES string of the molecule is O=C1N=NC(=O)c2cc(C3=CC=CCC3)ccc21. The van der Waals surface area contributed by atoms with Crippen LogP contribution in [0, 0.1) is 0 Å². The molecule has 2 aliphatic rings. The van der Waals surface area contributed by atoms with Gasteiger partial charge in [0.1, 0.15) is 0 Å². The van der Waals surface area contributed by atoms with Gasteiger partial charge in [-0.1, -0.05) is 24.3 Å². The second kappa shape index (κ2) is 4.14. The molecule has 0 aromatic heterocycles. The van der Waals surface area contributed by atoms with E-state index in [-0.39, 0.29) is 0 Å². The first-order chi connectivity index (χ1) is 8.75. The van der Waals surface area contributed by atoms with Gasteiger partial charge in [-0.05, 0) is 36.1 Å². The summed E-state index contributed by atoms with van der Waals surface area (Å²) in [5, 5.41) is 6.65. The van der Waals surface area contributed by atoms with Gasteiger partial charge in [0.15, 0.2) is 0 Å². The van der Waals surface area contributed by atoms with Crippen molar-refractivity contribution in [3.05, 3.63) is 53.1 Å². The Morgan fingerprint density at radius 3 is 2.50 bits per heavy atom. The van der Waals surface area contributed by atoms with Gasteiger partial charge in [0.05, 0.1) is 11.1 Å². The summed E-state index contributed by atoms with van der Waals surface area (Å²) >= 11 is 0. The normalized spacial score (nSPS) is 17.7. The summed E-state index contributed by atoms with van der Waals surface area (Å²) in [4.78, 5) is 23.1. The molecule has 0 atom stereocenters. The first-order valence-corrected chi connectivity index (χ1v) is 5.76. The zero-order valence-electron chi connectivity index (χ0n) is 9.59. The topological polar surface area (TPSA) is 58.9 Å². The number of carbonyl (C=O) groups excluding carboxylic acids is 2. The Morgan fingerprint density at radius 1 is 1.00 bits per heavy atom. The van der Waals surface area contributed by atoms with Crippen molar-refractivity contribution in [1.29, 1.82) is 0 Å². The molecule has 0 fully saturated rings. The number of hydrogen-bond acceptors (Lipinski definition) is 2. The fourth-order valence-electron chi connectivity index (χ4n) is 2.15. The van der Waals surface area contributed by atoms with E-state index in [4.69, 9.17) is 0 Å². The van der Waals surface area contributed by atoms with Crippen LogP contribution >= 0.6 is 0 Å². The molecule has 0 unspecified atom stereocenters. The Labute approximate surface area is 104 Å². The molecule has 1 aliphatic carbocycles. The van der Waals surface area contributed by atoms with E-state index in [1.165, 1.54) is 5.57 Å². The van der Waals surface area contributed by atoms with E-state index in [2.05, 4.69) is 16.3 Å². The smallest absolute Gasteiger partial charge is 0.265 e. The number of hydrogen-bond donors (Lipinski definition) is 0. The number of amides is 2. The van der Waals surface area contributed by atoms with Gasteiger partial charge in [-0.3, -0.25) is 9.59 Å². The minimum absolute atomic E-state index is 0.339. The zero-order chi connectivity index (χ0) is 12.5. The van der Waals surface area contributed by atoms with Crippen LogP contribution < -0.4 is 0 Å². The largest absolute Gasteiger partial charge is 0.296 e. The van der Waals surface area contributed by atoms with Crippen LogP contribution in [0.5, 0.6) is 0 Å². The third-order valence-corrected chi connectivity index (χ3v) is 3.10. The molecule has 1 aliphatic heterocycles. The molecule has 1 aromatic carbocycles. The predicted molar refractivity (Wildman–Crippen MR) is 66.3 cm³/mol. The highest BCUT2D eigenvalue weighted by molar-refractivity contribution is 6.11. The molecule has 0 saturated carbocycles. The van der Waals surface area contributed by atoms with Gasteiger partial charge in [0.25, 0.3) is 11.8 Å². The van der Waals surface area contributed by atoms with Crippen LogP contribution in [-0.4, -0.2) is 11.8 Å². The van der Waals surface area contributed by atoms with Crippen molar-refractivity contribution in [2.24, 2.45) is 10.2 Å². The summed E-state index contributed by atoms with van der Waals surface area (Å²) in [6.45, 7) is 0. The van der Waals surface area contributed by atoms with Gasteiger partial charge in [-0.15, -0.1) is 10.2 Å². The third kappa shape index (κ3) is 1.72. The highest BCUT2D eigenvalue weighted by atomic mass is 16.2. The lowest BCUT2D eigenvalue weighted by molar-refractivity contribution is 0.0920. The van der Waals surface area contributed by atoms with Crippen LogP contribution in [0.3, 0.4) is 0 Å². The summed E-state index contributed by atoms with van der Waals surface area (Å²) in [5.74, 6) is -0.896. The molecule has 88 valence electrons. The van der Waals surface area contributed by atoms with Crippen LogP contribution in [0.2, 0.25) is 0 Å². The van der Waals surface area contributed by atoms with E-state index in [0.717, 1.165) is 18.4 Å². The molecule has 1 heterocycles. The molecule has 1 aromatic rings. The molecule has 0 radical (unpaired) electrons. The zero-order valence-corrected chi connectivity index (χ0v) is 9.59. The molecule has 0 bridgehead atoms. The molecular formula is C14H10N2O2. The van der Waals surface area contributed by atoms with Gasteiger partial charge in [0, 0.05) is 0 Å². The van der Waals surface area contributed by atoms with Gasteiger partial charge in [0.2, 0.25) is 0 Å². The lowest BCUT2D eigenvalue weighted by Gasteiger charge is -2.12. The lowest BCUT2D eigenvalue weighted by Crippen LogP contribution is -2.11. The lowest BCUT2D eigenvalue weighted by atomic mass is 9.93. The summed E-state index contributed by atoms with van der Waals surface area (Å²) in [6.07, 6.45) is 8.08. The van der Waals surface area contributed by atoms with Gasteiger partial charge in [-0.2, -0.15) is 0 Å². The highest BCUT2D eigenvalue weighted by Crippen LogP contribution is 2.27. The Morgan fingerprint density at radius 2 is 1.78 bits per heavy atom. The monoisotopic (exact) mass is 238 g/mol. The van der Waals surface area contributed by atoms with E-state index in [0.29, 0.717) is 11.1 Å². The van der Waals surface area contributed by atoms with Crippen LogP contribution in [0.15, 0.2) is 46.7 Å². The van der Waals surface area contributed by atoms with E-state index in [1.54, 1.807) is 12.1 Å². The average molecular weight is 238 g/mol. The molecule has 0 saturated heterocycles. The van der Waals surface area contributed by atoms with Gasteiger partial charge in [-0.25, -0.2) is 0 Å². The van der Waals surface area contributed by atoms with Crippen LogP contribution in [0.4, 0.5) is 0 Å². The molecule has 18 heavy (non-hydrogen) atoms. The molecule has 4 nitrogen and oxygen atoms in total. The van der Waals surface area contributed by atoms with Crippen LogP contribution in [0.25, 0.3) is 5.57 Å². The molecular weight excluding hydrogens is 228 g/mol. The average Bonchev–Trinajstić information content (AvgIpc) is 2.44. The number of benzene rings is 1. The molecule has 0 spiro atoms. The number of rotatable bonds is 1. The fraction of sp³-hybridized carbons (Fsp3) is 0.143. The number of azo groups is 1. The van der Waals surface area contributed by atoms with Crippen LogP contribution in [-0.2, 0) is 0 Å². The number of allylic oxidation sites excluding steroid dienone is 4. The number of fused-ring (bicyclic) bond motifs is 1. The third-order valence-electron chi connectivity index (χ3n) is 3.10. The fourth-order valence-corrected chi connectivity index (χ4v) is 2.15. The van der Waals surface area contributed by atoms with Crippen LogP contribution in [0.1, 0.15) is 39.1 Å². The minimum Gasteiger partial charge on any atom is -0.265 e.